The van der Waals surface area contributed by atoms with E-state index in [-0.39, 0.29) is 0 Å². The fraction of sp³-hybridized carbons (Fsp3) is 1.00. The largest absolute Gasteiger partial charge is 0.385 e. The summed E-state index contributed by atoms with van der Waals surface area (Å²) < 4.78 is 4.84. The van der Waals surface area contributed by atoms with Crippen LogP contribution in [0.15, 0.2) is 0 Å². The molecule has 1 aliphatic heterocycles. The van der Waals surface area contributed by atoms with Crippen LogP contribution in [-0.4, -0.2) is 30.5 Å². The summed E-state index contributed by atoms with van der Waals surface area (Å²) in [6.07, 6.45) is 1.67. The molecule has 3 heteroatoms. The van der Waals surface area contributed by atoms with Crippen molar-refractivity contribution in [2.24, 2.45) is 5.73 Å². The van der Waals surface area contributed by atoms with Crippen LogP contribution in [0.3, 0.4) is 0 Å². The van der Waals surface area contributed by atoms with Crippen molar-refractivity contribution < 1.29 is 9.84 Å². The summed E-state index contributed by atoms with van der Waals surface area (Å²) in [5.41, 5.74) is 4.73. The van der Waals surface area contributed by atoms with E-state index in [1.54, 1.807) is 0 Å². The minimum absolute atomic E-state index is 0.493. The molecule has 0 spiro atoms. The summed E-state index contributed by atoms with van der Waals surface area (Å²) in [4.78, 5) is 0. The second kappa shape index (κ2) is 2.64. The molecule has 0 aliphatic carbocycles. The molecular formula is C6H13NO2. The molecule has 0 radical (unpaired) electrons. The number of rotatable bonds is 3. The fourth-order valence-electron chi connectivity index (χ4n) is 0.913. The Bertz CT molecular complexity index is 91.1. The maximum absolute atomic E-state index is 9.36. The Morgan fingerprint density at radius 1 is 1.56 bits per heavy atom. The highest BCUT2D eigenvalue weighted by atomic mass is 16.5. The lowest BCUT2D eigenvalue weighted by atomic mass is 9.96. The Morgan fingerprint density at radius 2 is 2.22 bits per heavy atom. The molecule has 0 bridgehead atoms. The van der Waals surface area contributed by atoms with Crippen LogP contribution in [0.5, 0.6) is 0 Å². The Kier molecular flexibility index (Phi) is 2.05. The van der Waals surface area contributed by atoms with Gasteiger partial charge in [0.25, 0.3) is 0 Å². The topological polar surface area (TPSA) is 55.5 Å². The van der Waals surface area contributed by atoms with Crippen LogP contribution in [0.4, 0.5) is 0 Å². The number of nitrogens with two attached hydrogens (primary N) is 1. The number of ether oxygens (including phenoxy) is 1. The van der Waals surface area contributed by atoms with Crippen LogP contribution in [0.2, 0.25) is 0 Å². The van der Waals surface area contributed by atoms with E-state index in [4.69, 9.17) is 10.5 Å². The molecule has 0 unspecified atom stereocenters. The molecule has 0 saturated carbocycles. The molecule has 3 N–H and O–H groups in total. The lowest BCUT2D eigenvalue weighted by Gasteiger charge is -2.36. The molecule has 0 amide bonds. The Balaban J connectivity index is 2.09. The first-order valence-electron chi connectivity index (χ1n) is 3.27. The minimum Gasteiger partial charge on any atom is -0.385 e. The summed E-state index contributed by atoms with van der Waals surface area (Å²) in [5, 5.41) is 9.36. The van der Waals surface area contributed by atoms with Crippen molar-refractivity contribution in [3.8, 4) is 0 Å². The van der Waals surface area contributed by atoms with Gasteiger partial charge < -0.3 is 15.6 Å². The maximum Gasteiger partial charge on any atom is 0.111 e. The van der Waals surface area contributed by atoms with Crippen LogP contribution in [0.25, 0.3) is 0 Å². The predicted molar refractivity (Wildman–Crippen MR) is 34.1 cm³/mol. The van der Waals surface area contributed by atoms with E-state index in [0.29, 0.717) is 19.8 Å². The summed E-state index contributed by atoms with van der Waals surface area (Å²) in [5.74, 6) is 0. The molecule has 1 saturated heterocycles. The lowest BCUT2D eigenvalue weighted by Crippen LogP contribution is -2.49. The van der Waals surface area contributed by atoms with Gasteiger partial charge >= 0.3 is 0 Å². The summed E-state index contributed by atoms with van der Waals surface area (Å²) >= 11 is 0. The van der Waals surface area contributed by atoms with Crippen LogP contribution < -0.4 is 5.73 Å². The van der Waals surface area contributed by atoms with Crippen LogP contribution in [-0.2, 0) is 4.74 Å². The average molecular weight is 131 g/mol. The maximum atomic E-state index is 9.36. The van der Waals surface area contributed by atoms with Crippen molar-refractivity contribution in [1.82, 2.24) is 0 Å². The quantitative estimate of drug-likeness (QED) is 0.542. The fourth-order valence-corrected chi connectivity index (χ4v) is 0.913. The van der Waals surface area contributed by atoms with E-state index in [2.05, 4.69) is 0 Å². The molecule has 1 heterocycles. The van der Waals surface area contributed by atoms with Crippen molar-refractivity contribution in [3.05, 3.63) is 0 Å². The van der Waals surface area contributed by atoms with Gasteiger partial charge in [0.15, 0.2) is 0 Å². The van der Waals surface area contributed by atoms with Gasteiger partial charge in [0.05, 0.1) is 13.2 Å². The minimum atomic E-state index is -0.528. The smallest absolute Gasteiger partial charge is 0.111 e. The summed E-state index contributed by atoms with van der Waals surface area (Å²) in [6.45, 7) is 1.64. The molecule has 0 aromatic heterocycles. The molecular weight excluding hydrogens is 118 g/mol. The molecule has 9 heavy (non-hydrogen) atoms. The van der Waals surface area contributed by atoms with E-state index in [9.17, 15) is 5.11 Å². The van der Waals surface area contributed by atoms with E-state index >= 15 is 0 Å². The third-order valence-electron chi connectivity index (χ3n) is 1.59. The zero-order valence-electron chi connectivity index (χ0n) is 5.47. The van der Waals surface area contributed by atoms with Gasteiger partial charge in [-0.1, -0.05) is 0 Å². The highest BCUT2D eigenvalue weighted by Crippen LogP contribution is 2.21. The first-order valence-corrected chi connectivity index (χ1v) is 3.27. The third-order valence-corrected chi connectivity index (χ3v) is 1.59. The van der Waals surface area contributed by atoms with Gasteiger partial charge in [-0.15, -0.1) is 0 Å². The molecule has 1 rings (SSSR count). The van der Waals surface area contributed by atoms with Crippen LogP contribution in [0, 0.1) is 0 Å². The number of hydrogen-bond donors (Lipinski definition) is 2. The molecule has 0 atom stereocenters. The van der Waals surface area contributed by atoms with Gasteiger partial charge in [-0.25, -0.2) is 0 Å². The standard InChI is InChI=1S/C6H13NO2/c7-3-1-2-6(8)4-9-5-6/h8H,1-5,7H2. The summed E-state index contributed by atoms with van der Waals surface area (Å²) in [7, 11) is 0. The molecule has 3 nitrogen and oxygen atoms in total. The van der Waals surface area contributed by atoms with Crippen LogP contribution in [0.1, 0.15) is 12.8 Å². The van der Waals surface area contributed by atoms with Gasteiger partial charge in [0, 0.05) is 0 Å². The van der Waals surface area contributed by atoms with Crippen molar-refractivity contribution >= 4 is 0 Å². The van der Waals surface area contributed by atoms with Crippen molar-refractivity contribution in [1.29, 1.82) is 0 Å². The van der Waals surface area contributed by atoms with Gasteiger partial charge in [-0.3, -0.25) is 0 Å². The lowest BCUT2D eigenvalue weighted by molar-refractivity contribution is -0.181. The zero-order chi connectivity index (χ0) is 6.74. The van der Waals surface area contributed by atoms with Gasteiger partial charge in [-0.05, 0) is 19.4 Å². The van der Waals surface area contributed by atoms with Crippen molar-refractivity contribution in [3.63, 3.8) is 0 Å². The van der Waals surface area contributed by atoms with Crippen LogP contribution >= 0.6 is 0 Å². The van der Waals surface area contributed by atoms with Crippen molar-refractivity contribution in [2.45, 2.75) is 18.4 Å². The predicted octanol–water partition coefficient (Wildman–Crippen LogP) is -0.513. The first-order chi connectivity index (χ1) is 4.27. The second-order valence-corrected chi connectivity index (χ2v) is 2.61. The van der Waals surface area contributed by atoms with E-state index in [0.717, 1.165) is 12.8 Å². The zero-order valence-corrected chi connectivity index (χ0v) is 5.47. The highest BCUT2D eigenvalue weighted by molar-refractivity contribution is 4.84. The SMILES string of the molecule is NCCCC1(O)COC1. The molecule has 54 valence electrons. The van der Waals surface area contributed by atoms with Gasteiger partial charge in [0.2, 0.25) is 0 Å². The first kappa shape index (κ1) is 6.99. The molecule has 1 aliphatic rings. The second-order valence-electron chi connectivity index (χ2n) is 2.61. The number of aliphatic hydroxyl groups is 1. The monoisotopic (exact) mass is 131 g/mol. The Hall–Kier alpha value is -0.120. The van der Waals surface area contributed by atoms with E-state index in [1.807, 2.05) is 0 Å². The van der Waals surface area contributed by atoms with Gasteiger partial charge in [0.1, 0.15) is 5.60 Å². The number of hydrogen-bond acceptors (Lipinski definition) is 3. The Labute approximate surface area is 54.8 Å². The highest BCUT2D eigenvalue weighted by Gasteiger charge is 2.34. The van der Waals surface area contributed by atoms with Crippen molar-refractivity contribution in [2.75, 3.05) is 19.8 Å². The third kappa shape index (κ3) is 1.64. The Morgan fingerprint density at radius 3 is 2.56 bits per heavy atom. The molecule has 0 aromatic carbocycles. The summed E-state index contributed by atoms with van der Waals surface area (Å²) in [6, 6.07) is 0. The van der Waals surface area contributed by atoms with E-state index < -0.39 is 5.60 Å². The average Bonchev–Trinajstić information content (AvgIpc) is 1.79. The normalized spacial score (nSPS) is 23.3. The molecule has 0 aromatic rings. The van der Waals surface area contributed by atoms with Gasteiger partial charge in [-0.2, -0.15) is 0 Å². The molecule has 1 fully saturated rings. The van der Waals surface area contributed by atoms with E-state index in [1.165, 1.54) is 0 Å².